The van der Waals surface area contributed by atoms with Crippen LogP contribution in [0.15, 0.2) is 24.3 Å². The Morgan fingerprint density at radius 2 is 2.12 bits per heavy atom. The van der Waals surface area contributed by atoms with Gasteiger partial charge in [-0.05, 0) is 13.0 Å². The Morgan fingerprint density at radius 1 is 1.42 bits per heavy atom. The van der Waals surface area contributed by atoms with E-state index in [1.807, 2.05) is 0 Å². The molecule has 0 spiro atoms. The van der Waals surface area contributed by atoms with Crippen LogP contribution in [0.2, 0.25) is 0 Å². The number of hydrogen-bond acceptors (Lipinski definition) is 5. The number of methoxy groups -OCH3 is 1. The quantitative estimate of drug-likeness (QED) is 0.644. The first kappa shape index (κ1) is 17.3. The number of nitro groups is 1. The number of carbonyl (C=O) groups is 1. The lowest BCUT2D eigenvalue weighted by Crippen LogP contribution is -2.21. The Bertz CT molecular complexity index is 776. The van der Waals surface area contributed by atoms with Crippen LogP contribution in [0.5, 0.6) is 5.75 Å². The number of nitro benzene ring substituents is 1. The molecule has 0 saturated carbocycles. The van der Waals surface area contributed by atoms with Gasteiger partial charge in [-0.25, -0.2) is 8.78 Å². The molecule has 128 valence electrons. The fourth-order valence-corrected chi connectivity index (χ4v) is 2.08. The summed E-state index contributed by atoms with van der Waals surface area (Å²) in [4.78, 5) is 22.2. The normalized spacial score (nSPS) is 10.7. The van der Waals surface area contributed by atoms with Crippen LogP contribution in [-0.2, 0) is 11.3 Å². The molecule has 2 rings (SSSR count). The van der Waals surface area contributed by atoms with Crippen LogP contribution in [0.4, 0.5) is 20.2 Å². The van der Waals surface area contributed by atoms with E-state index in [1.54, 1.807) is 0 Å². The van der Waals surface area contributed by atoms with Gasteiger partial charge in [0.1, 0.15) is 18.0 Å². The number of rotatable bonds is 6. The Kier molecular flexibility index (Phi) is 5.07. The maximum atomic E-state index is 12.9. The topological polar surface area (TPSA) is 99.3 Å². The number of hydrogen-bond donors (Lipinski definition) is 1. The summed E-state index contributed by atoms with van der Waals surface area (Å²) in [5, 5.41) is 17.1. The molecule has 0 unspecified atom stereocenters. The first-order valence-electron chi connectivity index (χ1n) is 6.76. The molecule has 0 saturated heterocycles. The van der Waals surface area contributed by atoms with E-state index >= 15 is 0 Å². The average molecular weight is 340 g/mol. The van der Waals surface area contributed by atoms with E-state index in [-0.39, 0.29) is 22.8 Å². The monoisotopic (exact) mass is 340 g/mol. The van der Waals surface area contributed by atoms with Crippen molar-refractivity contribution in [2.24, 2.45) is 0 Å². The number of nitrogens with zero attached hydrogens (tertiary/aromatic N) is 3. The van der Waals surface area contributed by atoms with E-state index in [4.69, 9.17) is 4.74 Å². The van der Waals surface area contributed by atoms with Crippen LogP contribution in [0.1, 0.15) is 17.8 Å². The van der Waals surface area contributed by atoms with Crippen LogP contribution in [0.25, 0.3) is 0 Å². The lowest BCUT2D eigenvalue weighted by molar-refractivity contribution is -0.384. The van der Waals surface area contributed by atoms with Crippen LogP contribution in [0.3, 0.4) is 0 Å². The van der Waals surface area contributed by atoms with Crippen molar-refractivity contribution in [3.63, 3.8) is 0 Å². The molecule has 0 radical (unpaired) electrons. The Hall–Kier alpha value is -3.04. The zero-order valence-corrected chi connectivity index (χ0v) is 12.8. The van der Waals surface area contributed by atoms with E-state index in [0.717, 1.165) is 10.7 Å². The van der Waals surface area contributed by atoms with Gasteiger partial charge in [0.05, 0.1) is 29.5 Å². The van der Waals surface area contributed by atoms with Crippen LogP contribution < -0.4 is 10.1 Å². The van der Waals surface area contributed by atoms with E-state index in [0.29, 0.717) is 5.69 Å². The number of benzene rings is 1. The van der Waals surface area contributed by atoms with Gasteiger partial charge in [-0.15, -0.1) is 0 Å². The van der Waals surface area contributed by atoms with Gasteiger partial charge in [-0.2, -0.15) is 5.10 Å². The summed E-state index contributed by atoms with van der Waals surface area (Å²) in [6, 6.07) is 4.91. The number of non-ortho nitro benzene ring substituents is 1. The zero-order chi connectivity index (χ0) is 17.9. The van der Waals surface area contributed by atoms with Gasteiger partial charge in [0.2, 0.25) is 5.91 Å². The highest BCUT2D eigenvalue weighted by Crippen LogP contribution is 2.26. The van der Waals surface area contributed by atoms with E-state index in [9.17, 15) is 23.7 Å². The van der Waals surface area contributed by atoms with Gasteiger partial charge in [0.15, 0.2) is 0 Å². The number of nitrogens with one attached hydrogen (secondary N) is 1. The fourth-order valence-electron chi connectivity index (χ4n) is 2.08. The summed E-state index contributed by atoms with van der Waals surface area (Å²) in [5.74, 6) is -0.467. The number of aryl methyl sites for hydroxylation is 1. The molecule has 0 aliphatic rings. The number of alkyl halides is 2. The first-order valence-corrected chi connectivity index (χ1v) is 6.76. The van der Waals surface area contributed by atoms with Gasteiger partial charge >= 0.3 is 0 Å². The van der Waals surface area contributed by atoms with Gasteiger partial charge in [0.25, 0.3) is 12.1 Å². The van der Waals surface area contributed by atoms with Crippen molar-refractivity contribution >= 4 is 17.3 Å². The van der Waals surface area contributed by atoms with E-state index < -0.39 is 23.8 Å². The Labute approximate surface area is 135 Å². The maximum absolute atomic E-state index is 12.9. The molecule has 8 nitrogen and oxygen atoms in total. The summed E-state index contributed by atoms with van der Waals surface area (Å²) in [5.41, 5.74) is -0.171. The Balaban J connectivity index is 2.18. The van der Waals surface area contributed by atoms with Crippen LogP contribution in [-0.4, -0.2) is 27.7 Å². The lowest BCUT2D eigenvalue weighted by atomic mass is 10.2. The average Bonchev–Trinajstić information content (AvgIpc) is 2.87. The predicted octanol–water partition coefficient (Wildman–Crippen LogP) is 2.68. The summed E-state index contributed by atoms with van der Waals surface area (Å²) >= 11 is 0. The highest BCUT2D eigenvalue weighted by Gasteiger charge is 2.18. The minimum absolute atomic E-state index is 0.119. The molecule has 2 aromatic rings. The molecule has 1 heterocycles. The van der Waals surface area contributed by atoms with E-state index in [2.05, 4.69) is 10.4 Å². The van der Waals surface area contributed by atoms with Gasteiger partial charge in [-0.1, -0.05) is 0 Å². The predicted molar refractivity (Wildman–Crippen MR) is 80.2 cm³/mol. The van der Waals surface area contributed by atoms with Crippen LogP contribution in [0, 0.1) is 17.0 Å². The van der Waals surface area contributed by atoms with Crippen molar-refractivity contribution in [3.8, 4) is 5.75 Å². The van der Waals surface area contributed by atoms with Gasteiger partial charge in [-0.3, -0.25) is 19.6 Å². The third-order valence-electron chi connectivity index (χ3n) is 3.07. The minimum Gasteiger partial charge on any atom is -0.496 e. The number of carbonyl (C=O) groups excluding carboxylic acids is 1. The molecule has 0 atom stereocenters. The van der Waals surface area contributed by atoms with Crippen molar-refractivity contribution in [2.75, 3.05) is 12.4 Å². The number of aromatic nitrogens is 2. The standard InChI is InChI=1S/C14H14F2N4O4/c1-8-3-12(14(15)16)19(18-8)7-13(21)17-9-4-10(20(22)23)6-11(5-9)24-2/h3-6,14H,7H2,1-2H3,(H,17,21). The van der Waals surface area contributed by atoms with Crippen molar-refractivity contribution < 1.29 is 23.2 Å². The molecular weight excluding hydrogens is 326 g/mol. The molecule has 1 amide bonds. The van der Waals surface area contributed by atoms with Crippen LogP contribution >= 0.6 is 0 Å². The molecule has 24 heavy (non-hydrogen) atoms. The molecule has 0 bridgehead atoms. The van der Waals surface area contributed by atoms with Gasteiger partial charge in [0, 0.05) is 12.1 Å². The van der Waals surface area contributed by atoms with E-state index in [1.165, 1.54) is 32.2 Å². The van der Waals surface area contributed by atoms with Gasteiger partial charge < -0.3 is 10.1 Å². The van der Waals surface area contributed by atoms with Crippen molar-refractivity contribution in [3.05, 3.63) is 45.8 Å². The van der Waals surface area contributed by atoms with Crippen molar-refractivity contribution in [1.29, 1.82) is 0 Å². The number of halogens is 2. The first-order chi connectivity index (χ1) is 11.3. The summed E-state index contributed by atoms with van der Waals surface area (Å²) < 4.78 is 31.6. The minimum atomic E-state index is -2.77. The second kappa shape index (κ2) is 7.02. The summed E-state index contributed by atoms with van der Waals surface area (Å²) in [6.45, 7) is 1.09. The molecule has 1 aromatic carbocycles. The molecule has 1 N–H and O–H groups in total. The fraction of sp³-hybridized carbons (Fsp3) is 0.286. The molecule has 10 heteroatoms. The number of anilines is 1. The second-order valence-corrected chi connectivity index (χ2v) is 4.89. The highest BCUT2D eigenvalue weighted by atomic mass is 19.3. The van der Waals surface area contributed by atoms with Crippen molar-refractivity contribution in [1.82, 2.24) is 9.78 Å². The maximum Gasteiger partial charge on any atom is 0.280 e. The number of ether oxygens (including phenoxy) is 1. The molecule has 0 aliphatic carbocycles. The zero-order valence-electron chi connectivity index (χ0n) is 12.8. The van der Waals surface area contributed by atoms with Crippen molar-refractivity contribution in [2.45, 2.75) is 19.9 Å². The third-order valence-corrected chi connectivity index (χ3v) is 3.07. The largest absolute Gasteiger partial charge is 0.496 e. The third kappa shape index (κ3) is 4.03. The highest BCUT2D eigenvalue weighted by molar-refractivity contribution is 5.91. The Morgan fingerprint density at radius 3 is 2.71 bits per heavy atom. The summed E-state index contributed by atoms with van der Waals surface area (Å²) in [7, 11) is 1.33. The molecule has 1 aromatic heterocycles. The molecule has 0 aliphatic heterocycles. The smallest absolute Gasteiger partial charge is 0.280 e. The molecular formula is C14H14F2N4O4. The second-order valence-electron chi connectivity index (χ2n) is 4.89. The molecule has 0 fully saturated rings. The summed E-state index contributed by atoms with van der Waals surface area (Å²) in [6.07, 6.45) is -2.77. The SMILES string of the molecule is COc1cc(NC(=O)Cn2nc(C)cc2C(F)F)cc([N+](=O)[O-])c1. The lowest BCUT2D eigenvalue weighted by Gasteiger charge is -2.09. The number of amides is 1.